The summed E-state index contributed by atoms with van der Waals surface area (Å²) in [6, 6.07) is 12.6. The Balaban J connectivity index is 0.000000143. The van der Waals surface area contributed by atoms with Gasteiger partial charge >= 0.3 is 0 Å². The Labute approximate surface area is 282 Å². The Hall–Kier alpha value is -4.29. The Morgan fingerprint density at radius 3 is 1.73 bits per heavy atom. The normalized spacial score (nSPS) is 24.9. The number of nitrogens with zero attached hydrogens (tertiary/aromatic N) is 4. The first-order valence-corrected chi connectivity index (χ1v) is 16.8. The van der Waals surface area contributed by atoms with Crippen molar-refractivity contribution in [3.63, 3.8) is 0 Å². The SMILES string of the molecule is O=C1CCC2=Cc3c(cnn3-c3ccc(F)cc3)C[C@]2(CO)C1.OC[C@]12Cc3cnn(-c4ccc(F)cc4)c3C=C1CCC1(C2)OCCO1. The minimum atomic E-state index is -0.551. The van der Waals surface area contributed by atoms with Gasteiger partial charge in [-0.25, -0.2) is 18.1 Å². The lowest BCUT2D eigenvalue weighted by molar-refractivity contribution is -0.195. The molecule has 49 heavy (non-hydrogen) atoms. The summed E-state index contributed by atoms with van der Waals surface area (Å²) in [5.41, 5.74) is 7.24. The van der Waals surface area contributed by atoms with Crippen molar-refractivity contribution in [1.82, 2.24) is 19.6 Å². The highest BCUT2D eigenvalue weighted by atomic mass is 19.1. The molecule has 2 saturated carbocycles. The molecule has 5 aliphatic rings. The summed E-state index contributed by atoms with van der Waals surface area (Å²) in [5, 5.41) is 29.1. The van der Waals surface area contributed by atoms with Gasteiger partial charge < -0.3 is 19.7 Å². The van der Waals surface area contributed by atoms with Gasteiger partial charge in [0.15, 0.2) is 5.79 Å². The fourth-order valence-electron chi connectivity index (χ4n) is 8.40. The summed E-state index contributed by atoms with van der Waals surface area (Å²) >= 11 is 0. The molecule has 2 aromatic carbocycles. The number of aliphatic hydroxyl groups excluding tert-OH is 2. The molecular weight excluding hydrogens is 630 g/mol. The average Bonchev–Trinajstić information content (AvgIpc) is 3.86. The van der Waals surface area contributed by atoms with Crippen LogP contribution in [0.15, 0.2) is 72.1 Å². The summed E-state index contributed by atoms with van der Waals surface area (Å²) in [4.78, 5) is 11.9. The number of aromatic nitrogens is 4. The van der Waals surface area contributed by atoms with Crippen LogP contribution in [0.25, 0.3) is 23.5 Å². The molecule has 0 bridgehead atoms. The van der Waals surface area contributed by atoms with E-state index in [4.69, 9.17) is 9.47 Å². The third-order valence-corrected chi connectivity index (χ3v) is 11.0. The Kier molecular flexibility index (Phi) is 7.98. The number of Topliss-reactive ketones (excluding diaryl/α,β-unsaturated/α-hetero) is 1. The second kappa shape index (κ2) is 12.2. The number of ether oxygens (including phenoxy) is 2. The predicted octanol–water partition coefficient (Wildman–Crippen LogP) is 5.54. The summed E-state index contributed by atoms with van der Waals surface area (Å²) in [6.07, 6.45) is 13.1. The van der Waals surface area contributed by atoms with Crippen molar-refractivity contribution in [3.05, 3.63) is 106 Å². The van der Waals surface area contributed by atoms with Gasteiger partial charge in [0.2, 0.25) is 0 Å². The van der Waals surface area contributed by atoms with Gasteiger partial charge in [0.05, 0.1) is 61.6 Å². The van der Waals surface area contributed by atoms with Crippen molar-refractivity contribution >= 4 is 17.9 Å². The highest BCUT2D eigenvalue weighted by Gasteiger charge is 2.52. The molecule has 9 nitrogen and oxygen atoms in total. The third kappa shape index (κ3) is 5.58. The predicted molar refractivity (Wildman–Crippen MR) is 177 cm³/mol. The molecule has 0 amide bonds. The summed E-state index contributed by atoms with van der Waals surface area (Å²) in [5.74, 6) is -0.879. The number of carbonyl (C=O) groups excluding carboxylic acids is 1. The zero-order chi connectivity index (χ0) is 33.8. The molecule has 11 heteroatoms. The van der Waals surface area contributed by atoms with E-state index in [2.05, 4.69) is 22.3 Å². The summed E-state index contributed by atoms with van der Waals surface area (Å²) in [7, 11) is 0. The molecule has 4 aromatic rings. The minimum absolute atomic E-state index is 0.0221. The molecule has 2 atom stereocenters. The third-order valence-electron chi connectivity index (χ3n) is 11.0. The van der Waals surface area contributed by atoms with Crippen LogP contribution in [0, 0.1) is 22.5 Å². The molecule has 3 heterocycles. The maximum Gasteiger partial charge on any atom is 0.169 e. The molecule has 9 rings (SSSR count). The second-order valence-corrected chi connectivity index (χ2v) is 14.0. The highest BCUT2D eigenvalue weighted by molar-refractivity contribution is 5.83. The zero-order valence-electron chi connectivity index (χ0n) is 27.1. The van der Waals surface area contributed by atoms with E-state index in [1.165, 1.54) is 29.8 Å². The number of aliphatic hydroxyl groups is 2. The van der Waals surface area contributed by atoms with Gasteiger partial charge in [-0.05, 0) is 97.5 Å². The fraction of sp³-hybridized carbons (Fsp3) is 0.395. The number of carbonyl (C=O) groups is 1. The second-order valence-electron chi connectivity index (χ2n) is 14.0. The molecule has 1 spiro atoms. The monoisotopic (exact) mass is 668 g/mol. The number of ketones is 1. The van der Waals surface area contributed by atoms with E-state index >= 15 is 0 Å². The van der Waals surface area contributed by atoms with Crippen molar-refractivity contribution < 1.29 is 33.3 Å². The van der Waals surface area contributed by atoms with Crippen LogP contribution in [-0.2, 0) is 27.1 Å². The molecule has 2 aromatic heterocycles. The van der Waals surface area contributed by atoms with Gasteiger partial charge in [-0.2, -0.15) is 10.2 Å². The van der Waals surface area contributed by atoms with Gasteiger partial charge in [-0.15, -0.1) is 0 Å². The lowest BCUT2D eigenvalue weighted by Gasteiger charge is -2.47. The summed E-state index contributed by atoms with van der Waals surface area (Å²) in [6.45, 7) is 1.28. The Bertz CT molecular complexity index is 1960. The fourth-order valence-corrected chi connectivity index (χ4v) is 8.40. The maximum atomic E-state index is 13.2. The standard InChI is InChI=1S/C20H21FN2O3.C18H17FN2O2/c21-16-1-3-17(4-2-16)23-18-9-15-5-6-20(25-7-8-26-20)12-19(15,13-24)10-14(18)11-22-23;19-14-2-4-15(5-3-14)21-17-7-13-1-6-16(23)9-18(13,11-22)8-12(17)10-20-21/h1-4,9,11,24H,5-8,10,12-13H2;2-5,7,10,22H,1,6,8-9,11H2/t19-;18-/m11/s1. The van der Waals surface area contributed by atoms with Gasteiger partial charge in [0, 0.05) is 36.5 Å². The quantitative estimate of drug-likeness (QED) is 0.294. The largest absolute Gasteiger partial charge is 0.395 e. The number of rotatable bonds is 4. The van der Waals surface area contributed by atoms with Gasteiger partial charge in [0.1, 0.15) is 17.4 Å². The van der Waals surface area contributed by atoms with Crippen molar-refractivity contribution in [1.29, 1.82) is 0 Å². The smallest absolute Gasteiger partial charge is 0.169 e. The number of fused-ring (bicyclic) bond motifs is 4. The zero-order valence-corrected chi connectivity index (χ0v) is 27.1. The lowest BCUT2D eigenvalue weighted by Crippen LogP contribution is -2.47. The number of hydrogen-bond acceptors (Lipinski definition) is 7. The van der Waals surface area contributed by atoms with Gasteiger partial charge in [-0.1, -0.05) is 11.1 Å². The first-order chi connectivity index (χ1) is 23.7. The van der Waals surface area contributed by atoms with Crippen LogP contribution < -0.4 is 0 Å². The number of benzene rings is 2. The molecular formula is C38H38F2N4O5. The first kappa shape index (κ1) is 31.9. The van der Waals surface area contributed by atoms with Crippen molar-refractivity contribution in [3.8, 4) is 11.4 Å². The van der Waals surface area contributed by atoms with E-state index < -0.39 is 11.2 Å². The van der Waals surface area contributed by atoms with Gasteiger partial charge in [-0.3, -0.25) is 4.79 Å². The molecule has 0 radical (unpaired) electrons. The van der Waals surface area contributed by atoms with E-state index in [0.717, 1.165) is 52.3 Å². The van der Waals surface area contributed by atoms with E-state index in [9.17, 15) is 23.8 Å². The van der Waals surface area contributed by atoms with Gasteiger partial charge in [0.25, 0.3) is 0 Å². The van der Waals surface area contributed by atoms with Crippen LogP contribution in [0.5, 0.6) is 0 Å². The lowest BCUT2D eigenvalue weighted by atomic mass is 9.63. The average molecular weight is 669 g/mol. The number of halogens is 2. The summed E-state index contributed by atoms with van der Waals surface area (Å²) < 4.78 is 41.8. The molecule has 4 aliphatic carbocycles. The van der Waals surface area contributed by atoms with E-state index in [0.29, 0.717) is 51.7 Å². The molecule has 254 valence electrons. The van der Waals surface area contributed by atoms with Crippen LogP contribution in [-0.4, -0.2) is 67.8 Å². The Morgan fingerprint density at radius 1 is 0.694 bits per heavy atom. The van der Waals surface area contributed by atoms with E-state index in [1.54, 1.807) is 35.1 Å². The molecule has 2 N–H and O–H groups in total. The Morgan fingerprint density at radius 2 is 1.20 bits per heavy atom. The number of hydrogen-bond donors (Lipinski definition) is 2. The van der Waals surface area contributed by atoms with E-state index in [1.807, 2.05) is 10.9 Å². The van der Waals surface area contributed by atoms with Crippen LogP contribution in [0.1, 0.15) is 61.0 Å². The van der Waals surface area contributed by atoms with Crippen molar-refractivity contribution in [2.75, 3.05) is 26.4 Å². The van der Waals surface area contributed by atoms with Crippen molar-refractivity contribution in [2.24, 2.45) is 10.8 Å². The molecule has 1 aliphatic heterocycles. The first-order valence-electron chi connectivity index (χ1n) is 16.8. The van der Waals surface area contributed by atoms with Crippen LogP contribution >= 0.6 is 0 Å². The van der Waals surface area contributed by atoms with Crippen LogP contribution in [0.3, 0.4) is 0 Å². The van der Waals surface area contributed by atoms with Crippen LogP contribution in [0.2, 0.25) is 0 Å². The molecule has 1 saturated heterocycles. The maximum absolute atomic E-state index is 13.2. The molecule has 0 unspecified atom stereocenters. The highest BCUT2D eigenvalue weighted by Crippen LogP contribution is 2.53. The van der Waals surface area contributed by atoms with Crippen LogP contribution in [0.4, 0.5) is 8.78 Å². The van der Waals surface area contributed by atoms with E-state index in [-0.39, 0.29) is 36.0 Å². The molecule has 3 fully saturated rings. The topological polar surface area (TPSA) is 112 Å². The van der Waals surface area contributed by atoms with Crippen molar-refractivity contribution in [2.45, 2.75) is 57.2 Å². The minimum Gasteiger partial charge on any atom is -0.395 e.